The van der Waals surface area contributed by atoms with Gasteiger partial charge in [-0.1, -0.05) is 0 Å². The van der Waals surface area contributed by atoms with Gasteiger partial charge in [0.05, 0.1) is 0 Å². The van der Waals surface area contributed by atoms with Crippen molar-refractivity contribution in [1.82, 2.24) is 15.3 Å². The van der Waals surface area contributed by atoms with Crippen LogP contribution in [0.4, 0.5) is 5.82 Å². The van der Waals surface area contributed by atoms with E-state index in [1.807, 2.05) is 0 Å². The summed E-state index contributed by atoms with van der Waals surface area (Å²) in [6, 6.07) is 1.29. The Morgan fingerprint density at radius 2 is 2.36 bits per heavy atom. The molecule has 1 unspecified atom stereocenters. The van der Waals surface area contributed by atoms with Crippen LogP contribution in [0.3, 0.4) is 0 Å². The molecule has 0 aromatic carbocycles. The molecule has 6 heteroatoms. The van der Waals surface area contributed by atoms with Crippen molar-refractivity contribution in [3.8, 4) is 0 Å². The van der Waals surface area contributed by atoms with Crippen molar-refractivity contribution in [3.63, 3.8) is 0 Å². The Morgan fingerprint density at radius 1 is 1.64 bits per heavy atom. The number of aromatic nitrogens is 2. The van der Waals surface area contributed by atoms with E-state index in [9.17, 15) is 4.79 Å². The molecule has 0 fully saturated rings. The summed E-state index contributed by atoms with van der Waals surface area (Å²) in [6.07, 6.45) is 1.52. The van der Waals surface area contributed by atoms with Crippen LogP contribution >= 0.6 is 11.6 Å². The molecular formula is C8H11ClN4O. The van der Waals surface area contributed by atoms with Gasteiger partial charge in [0.1, 0.15) is 11.9 Å². The molecule has 0 saturated heterocycles. The second-order valence-electron chi connectivity index (χ2n) is 2.69. The Bertz CT molecular complexity index is 331. The van der Waals surface area contributed by atoms with E-state index < -0.39 is 0 Å². The summed E-state index contributed by atoms with van der Waals surface area (Å²) in [5.74, 6) is 0.417. The number of halogens is 1. The SMILES string of the molecule is CNC(=O)C(C)Nc1ccnc(Cl)n1. The van der Waals surface area contributed by atoms with E-state index >= 15 is 0 Å². The third-order valence-electron chi connectivity index (χ3n) is 1.63. The predicted octanol–water partition coefficient (Wildman–Crippen LogP) is 0.676. The van der Waals surface area contributed by atoms with Crippen LogP contribution in [0.15, 0.2) is 12.3 Å². The lowest BCUT2D eigenvalue weighted by Gasteiger charge is -2.12. The van der Waals surface area contributed by atoms with Crippen molar-refractivity contribution in [2.24, 2.45) is 0 Å². The lowest BCUT2D eigenvalue weighted by molar-refractivity contribution is -0.121. The standard InChI is InChI=1S/C8H11ClN4O/c1-5(7(14)10-2)12-6-3-4-11-8(9)13-6/h3-5H,1-2H3,(H,10,14)(H,11,12,13). The van der Waals surface area contributed by atoms with Crippen LogP contribution in [0.1, 0.15) is 6.92 Å². The van der Waals surface area contributed by atoms with Crippen LogP contribution in [-0.2, 0) is 4.79 Å². The largest absolute Gasteiger partial charge is 0.358 e. The summed E-state index contributed by atoms with van der Waals surface area (Å²) in [6.45, 7) is 1.73. The molecule has 1 aromatic heterocycles. The average molecular weight is 215 g/mol. The average Bonchev–Trinajstić information content (AvgIpc) is 2.16. The Kier molecular flexibility index (Phi) is 3.64. The highest BCUT2D eigenvalue weighted by atomic mass is 35.5. The number of amides is 1. The summed E-state index contributed by atoms with van der Waals surface area (Å²) in [4.78, 5) is 18.8. The first-order chi connectivity index (χ1) is 6.63. The molecule has 0 radical (unpaired) electrons. The summed E-state index contributed by atoms with van der Waals surface area (Å²) >= 11 is 5.58. The number of carbonyl (C=O) groups is 1. The van der Waals surface area contributed by atoms with E-state index in [-0.39, 0.29) is 17.2 Å². The van der Waals surface area contributed by atoms with Crippen molar-refractivity contribution in [2.45, 2.75) is 13.0 Å². The van der Waals surface area contributed by atoms with Gasteiger partial charge in [-0.15, -0.1) is 0 Å². The third-order valence-corrected chi connectivity index (χ3v) is 1.81. The maximum atomic E-state index is 11.2. The fourth-order valence-electron chi connectivity index (χ4n) is 0.919. The van der Waals surface area contributed by atoms with E-state index in [1.165, 1.54) is 6.20 Å². The number of hydrogen-bond donors (Lipinski definition) is 2. The van der Waals surface area contributed by atoms with Gasteiger partial charge in [0, 0.05) is 13.2 Å². The highest BCUT2D eigenvalue weighted by molar-refractivity contribution is 6.28. The second kappa shape index (κ2) is 4.76. The Balaban J connectivity index is 2.64. The van der Waals surface area contributed by atoms with Gasteiger partial charge in [0.15, 0.2) is 0 Å². The molecule has 1 amide bonds. The molecular weight excluding hydrogens is 204 g/mol. The summed E-state index contributed by atoms with van der Waals surface area (Å²) < 4.78 is 0. The Morgan fingerprint density at radius 3 is 2.93 bits per heavy atom. The molecule has 0 saturated carbocycles. The van der Waals surface area contributed by atoms with Crippen LogP contribution in [0.5, 0.6) is 0 Å². The van der Waals surface area contributed by atoms with E-state index in [0.717, 1.165) is 0 Å². The Labute approximate surface area is 86.9 Å². The fraction of sp³-hybridized carbons (Fsp3) is 0.375. The molecule has 1 heterocycles. The first kappa shape index (κ1) is 10.7. The van der Waals surface area contributed by atoms with Crippen molar-refractivity contribution >= 4 is 23.3 Å². The first-order valence-electron chi connectivity index (χ1n) is 4.10. The highest BCUT2D eigenvalue weighted by Crippen LogP contribution is 2.06. The summed E-state index contributed by atoms with van der Waals surface area (Å²) in [7, 11) is 1.58. The number of nitrogens with one attached hydrogen (secondary N) is 2. The monoisotopic (exact) mass is 214 g/mol. The number of hydrogen-bond acceptors (Lipinski definition) is 4. The van der Waals surface area contributed by atoms with Crippen LogP contribution in [0.2, 0.25) is 5.28 Å². The molecule has 1 atom stereocenters. The van der Waals surface area contributed by atoms with Gasteiger partial charge in [0.2, 0.25) is 11.2 Å². The van der Waals surface area contributed by atoms with Crippen LogP contribution in [0.25, 0.3) is 0 Å². The smallest absolute Gasteiger partial charge is 0.241 e. The van der Waals surface area contributed by atoms with Gasteiger partial charge in [0.25, 0.3) is 0 Å². The number of anilines is 1. The summed E-state index contributed by atoms with van der Waals surface area (Å²) in [5.41, 5.74) is 0. The van der Waals surface area contributed by atoms with Gasteiger partial charge in [-0.3, -0.25) is 4.79 Å². The minimum atomic E-state index is -0.356. The number of likely N-dealkylation sites (N-methyl/N-ethyl adjacent to an activating group) is 1. The predicted molar refractivity (Wildman–Crippen MR) is 54.2 cm³/mol. The highest BCUT2D eigenvalue weighted by Gasteiger charge is 2.10. The third kappa shape index (κ3) is 2.85. The maximum absolute atomic E-state index is 11.2. The molecule has 1 aromatic rings. The van der Waals surface area contributed by atoms with E-state index in [0.29, 0.717) is 5.82 Å². The fourth-order valence-corrected chi connectivity index (χ4v) is 1.07. The minimum Gasteiger partial charge on any atom is -0.358 e. The van der Waals surface area contributed by atoms with Crippen molar-refractivity contribution in [2.75, 3.05) is 12.4 Å². The molecule has 0 aliphatic heterocycles. The zero-order chi connectivity index (χ0) is 10.6. The Hall–Kier alpha value is -1.36. The molecule has 14 heavy (non-hydrogen) atoms. The normalized spacial score (nSPS) is 11.9. The summed E-state index contributed by atoms with van der Waals surface area (Å²) in [5, 5.41) is 5.56. The zero-order valence-corrected chi connectivity index (χ0v) is 8.67. The van der Waals surface area contributed by atoms with Crippen molar-refractivity contribution in [1.29, 1.82) is 0 Å². The van der Waals surface area contributed by atoms with Gasteiger partial charge in [-0.05, 0) is 24.6 Å². The lowest BCUT2D eigenvalue weighted by Crippen LogP contribution is -2.35. The lowest BCUT2D eigenvalue weighted by atomic mass is 10.3. The molecule has 1 rings (SSSR count). The van der Waals surface area contributed by atoms with Crippen molar-refractivity contribution < 1.29 is 4.79 Å². The minimum absolute atomic E-state index is 0.111. The first-order valence-corrected chi connectivity index (χ1v) is 4.48. The number of nitrogens with zero attached hydrogens (tertiary/aromatic N) is 2. The van der Waals surface area contributed by atoms with E-state index in [1.54, 1.807) is 20.0 Å². The number of carbonyl (C=O) groups excluding carboxylic acids is 1. The molecule has 76 valence electrons. The second-order valence-corrected chi connectivity index (χ2v) is 3.03. The van der Waals surface area contributed by atoms with E-state index in [2.05, 4.69) is 20.6 Å². The maximum Gasteiger partial charge on any atom is 0.241 e. The molecule has 0 spiro atoms. The topological polar surface area (TPSA) is 66.9 Å². The van der Waals surface area contributed by atoms with Gasteiger partial charge in [-0.25, -0.2) is 9.97 Å². The van der Waals surface area contributed by atoms with Crippen LogP contribution < -0.4 is 10.6 Å². The van der Waals surface area contributed by atoms with Crippen molar-refractivity contribution in [3.05, 3.63) is 17.5 Å². The number of rotatable bonds is 3. The quantitative estimate of drug-likeness (QED) is 0.727. The molecule has 0 aliphatic rings. The molecule has 0 aliphatic carbocycles. The van der Waals surface area contributed by atoms with Gasteiger partial charge < -0.3 is 10.6 Å². The van der Waals surface area contributed by atoms with Crippen LogP contribution in [-0.4, -0.2) is 29.0 Å². The molecule has 0 bridgehead atoms. The molecule has 5 nitrogen and oxygen atoms in total. The van der Waals surface area contributed by atoms with Gasteiger partial charge in [-0.2, -0.15) is 0 Å². The molecule has 2 N–H and O–H groups in total. The van der Waals surface area contributed by atoms with Gasteiger partial charge >= 0.3 is 0 Å². The zero-order valence-electron chi connectivity index (χ0n) is 7.91. The van der Waals surface area contributed by atoms with Crippen LogP contribution in [0, 0.1) is 0 Å². The van der Waals surface area contributed by atoms with E-state index in [4.69, 9.17) is 11.6 Å².